The number of hydrogen-bond donors (Lipinski definition) is 0. The second-order valence-electron chi connectivity index (χ2n) is 3.72. The molecule has 8 heteroatoms. The Bertz CT molecular complexity index is 236. The van der Waals surface area contributed by atoms with E-state index in [1.165, 1.54) is 22.6 Å². The highest BCUT2D eigenvalue weighted by Crippen LogP contribution is 2.49. The second-order valence-corrected chi connectivity index (χ2v) is 5.48. The van der Waals surface area contributed by atoms with Crippen LogP contribution in [-0.2, 0) is 0 Å². The van der Waals surface area contributed by atoms with E-state index in [0.717, 1.165) is 0 Å². The zero-order chi connectivity index (χ0) is 13.9. The molecule has 0 fully saturated rings. The van der Waals surface area contributed by atoms with Crippen molar-refractivity contribution in [2.45, 2.75) is 54.6 Å². The molecule has 0 aliphatic rings. The molecule has 0 aliphatic heterocycles. The lowest BCUT2D eigenvalue weighted by Gasteiger charge is -2.29. The van der Waals surface area contributed by atoms with E-state index in [2.05, 4.69) is 0 Å². The molecule has 0 aliphatic carbocycles. The minimum atomic E-state index is -6.22. The first-order valence-electron chi connectivity index (χ1n) is 4.92. The Hall–Kier alpha value is 0.240. The Kier molecular flexibility index (Phi) is 6.00. The van der Waals surface area contributed by atoms with E-state index >= 15 is 0 Å². The first-order valence-corrected chi connectivity index (χ1v) is 6.16. The molecule has 0 radical (unpaired) electrons. The lowest BCUT2D eigenvalue weighted by molar-refractivity contribution is -0.355. The van der Waals surface area contributed by atoms with Crippen molar-refractivity contribution >= 4 is 22.6 Å². The van der Waals surface area contributed by atoms with E-state index in [-0.39, 0.29) is 6.42 Å². The highest BCUT2D eigenvalue weighted by molar-refractivity contribution is 14.1. The molecular weight excluding hydrogens is 368 g/mol. The highest BCUT2D eigenvalue weighted by Gasteiger charge is 2.72. The van der Waals surface area contributed by atoms with Gasteiger partial charge >= 0.3 is 18.0 Å². The van der Waals surface area contributed by atoms with Crippen LogP contribution in [0.4, 0.5) is 30.7 Å². The van der Waals surface area contributed by atoms with Gasteiger partial charge in [-0.2, -0.15) is 30.7 Å². The Morgan fingerprint density at radius 2 is 1.47 bits per heavy atom. The minimum Gasteiger partial charge on any atom is -0.199 e. The van der Waals surface area contributed by atoms with Gasteiger partial charge in [0.1, 0.15) is 0 Å². The molecule has 0 amide bonds. The number of rotatable bonds is 6. The van der Waals surface area contributed by atoms with Crippen LogP contribution in [0.1, 0.15) is 32.6 Å². The molecule has 17 heavy (non-hydrogen) atoms. The molecule has 0 aromatic rings. The molecule has 0 saturated carbocycles. The molecule has 1 atom stereocenters. The van der Waals surface area contributed by atoms with Crippen LogP contribution in [0.3, 0.4) is 0 Å². The van der Waals surface area contributed by atoms with Crippen molar-refractivity contribution in [2.75, 3.05) is 0 Å². The van der Waals surface area contributed by atoms with Gasteiger partial charge in [-0.05, 0) is 6.42 Å². The van der Waals surface area contributed by atoms with Gasteiger partial charge in [0, 0.05) is 10.3 Å². The van der Waals surface area contributed by atoms with Gasteiger partial charge in [0.15, 0.2) is 0 Å². The van der Waals surface area contributed by atoms with Gasteiger partial charge in [-0.15, -0.1) is 0 Å². The summed E-state index contributed by atoms with van der Waals surface area (Å²) in [6.07, 6.45) is -6.32. The summed E-state index contributed by atoms with van der Waals surface area (Å²) in [5, 5.41) is 0. The Morgan fingerprint density at radius 1 is 1.00 bits per heavy atom. The first kappa shape index (κ1) is 17.2. The number of unbranched alkanes of at least 4 members (excludes halogenated alkanes) is 1. The fraction of sp³-hybridized carbons (Fsp3) is 1.00. The van der Waals surface area contributed by atoms with Crippen molar-refractivity contribution in [1.82, 2.24) is 0 Å². The normalized spacial score (nSPS) is 16.1. The summed E-state index contributed by atoms with van der Waals surface area (Å²) in [5.74, 6) is -11.0. The molecule has 0 N–H and O–H groups in total. The smallest absolute Gasteiger partial charge is 0.199 e. The second kappa shape index (κ2) is 5.92. The zero-order valence-corrected chi connectivity index (χ0v) is 11.1. The molecule has 0 nitrogen and oxygen atoms in total. The van der Waals surface area contributed by atoms with Crippen LogP contribution in [0, 0.1) is 0 Å². The Balaban J connectivity index is 4.67. The van der Waals surface area contributed by atoms with Crippen LogP contribution in [-0.4, -0.2) is 21.9 Å². The third-order valence-corrected chi connectivity index (χ3v) is 3.23. The molecule has 104 valence electrons. The van der Waals surface area contributed by atoms with Gasteiger partial charge in [-0.1, -0.05) is 42.4 Å². The van der Waals surface area contributed by atoms with Crippen LogP contribution in [0.15, 0.2) is 0 Å². The van der Waals surface area contributed by atoms with E-state index in [4.69, 9.17) is 0 Å². The summed E-state index contributed by atoms with van der Waals surface area (Å²) in [4.78, 5) is 0. The third-order valence-electron chi connectivity index (χ3n) is 2.16. The lowest BCUT2D eigenvalue weighted by Crippen LogP contribution is -2.52. The molecule has 0 aromatic heterocycles. The molecule has 0 bridgehead atoms. The summed E-state index contributed by atoms with van der Waals surface area (Å²) in [6, 6.07) is 0. The molecule has 0 aromatic carbocycles. The van der Waals surface area contributed by atoms with Gasteiger partial charge in [-0.3, -0.25) is 0 Å². The predicted molar refractivity (Wildman–Crippen MR) is 57.9 cm³/mol. The SMILES string of the molecule is CCCC[C@@H](I)CC(F)(F)C(F)(F)C(F)(F)F. The van der Waals surface area contributed by atoms with Gasteiger partial charge in [-0.25, -0.2) is 0 Å². The third kappa shape index (κ3) is 4.44. The van der Waals surface area contributed by atoms with Crippen LogP contribution in [0.25, 0.3) is 0 Å². The van der Waals surface area contributed by atoms with Crippen LogP contribution in [0.5, 0.6) is 0 Å². The van der Waals surface area contributed by atoms with Gasteiger partial charge in [0.2, 0.25) is 0 Å². The maximum Gasteiger partial charge on any atom is 0.459 e. The topological polar surface area (TPSA) is 0 Å². The molecule has 0 saturated heterocycles. The predicted octanol–water partition coefficient (Wildman–Crippen LogP) is 5.20. The van der Waals surface area contributed by atoms with Crippen molar-refractivity contribution in [2.24, 2.45) is 0 Å². The summed E-state index contributed by atoms with van der Waals surface area (Å²) in [5.41, 5.74) is 0. The number of halogens is 8. The average molecular weight is 380 g/mol. The van der Waals surface area contributed by atoms with E-state index < -0.39 is 28.4 Å². The fourth-order valence-electron chi connectivity index (χ4n) is 1.14. The van der Waals surface area contributed by atoms with Crippen molar-refractivity contribution in [1.29, 1.82) is 0 Å². The van der Waals surface area contributed by atoms with Crippen molar-refractivity contribution in [3.8, 4) is 0 Å². The van der Waals surface area contributed by atoms with E-state index in [0.29, 0.717) is 12.8 Å². The average Bonchev–Trinajstić information content (AvgIpc) is 2.11. The van der Waals surface area contributed by atoms with E-state index in [9.17, 15) is 30.7 Å². The molecular formula is C9H12F7I. The maximum absolute atomic E-state index is 12.9. The van der Waals surface area contributed by atoms with Crippen molar-refractivity contribution < 1.29 is 30.7 Å². The molecule has 0 spiro atoms. The Morgan fingerprint density at radius 3 is 1.82 bits per heavy atom. The standard InChI is InChI=1S/C9H12F7I/c1-2-3-4-6(17)5-7(10,11)8(12,13)9(14,15)16/h6H,2-5H2,1H3/t6-/m1/s1. The van der Waals surface area contributed by atoms with Gasteiger partial charge < -0.3 is 0 Å². The molecule has 0 rings (SSSR count). The van der Waals surface area contributed by atoms with Crippen molar-refractivity contribution in [3.05, 3.63) is 0 Å². The summed E-state index contributed by atoms with van der Waals surface area (Å²) < 4.78 is 85.3. The van der Waals surface area contributed by atoms with Crippen LogP contribution < -0.4 is 0 Å². The van der Waals surface area contributed by atoms with Crippen LogP contribution >= 0.6 is 22.6 Å². The number of hydrogen-bond acceptors (Lipinski definition) is 0. The molecule has 0 unspecified atom stereocenters. The lowest BCUT2D eigenvalue weighted by atomic mass is 10.0. The largest absolute Gasteiger partial charge is 0.459 e. The van der Waals surface area contributed by atoms with Gasteiger partial charge in [0.25, 0.3) is 0 Å². The fourth-order valence-corrected chi connectivity index (χ4v) is 2.13. The molecule has 0 heterocycles. The zero-order valence-electron chi connectivity index (χ0n) is 8.93. The summed E-state index contributed by atoms with van der Waals surface area (Å²) >= 11 is 1.48. The number of alkyl halides is 8. The highest BCUT2D eigenvalue weighted by atomic mass is 127. The first-order chi connectivity index (χ1) is 7.45. The van der Waals surface area contributed by atoms with Crippen molar-refractivity contribution in [3.63, 3.8) is 0 Å². The van der Waals surface area contributed by atoms with Crippen LogP contribution in [0.2, 0.25) is 0 Å². The monoisotopic (exact) mass is 380 g/mol. The van der Waals surface area contributed by atoms with Gasteiger partial charge in [0.05, 0.1) is 0 Å². The minimum absolute atomic E-state index is 0.195. The summed E-state index contributed by atoms with van der Waals surface area (Å²) in [7, 11) is 0. The summed E-state index contributed by atoms with van der Waals surface area (Å²) in [6.45, 7) is 1.77. The van der Waals surface area contributed by atoms with E-state index in [1.54, 1.807) is 6.92 Å². The quantitative estimate of drug-likeness (QED) is 0.338. The Labute approximate surface area is 108 Å². The van der Waals surface area contributed by atoms with E-state index in [1.807, 2.05) is 0 Å². The maximum atomic E-state index is 12.9.